The summed E-state index contributed by atoms with van der Waals surface area (Å²) >= 11 is 7.56. The second kappa shape index (κ2) is 10.6. The van der Waals surface area contributed by atoms with Crippen molar-refractivity contribution < 1.29 is 5.99 Å². The summed E-state index contributed by atoms with van der Waals surface area (Å²) in [6, 6.07) is 15.0. The summed E-state index contributed by atoms with van der Waals surface area (Å²) in [6.07, 6.45) is 17.9. The average molecular weight is 586 g/mol. The molecule has 0 radical (unpaired) electrons. The Morgan fingerprint density at radius 2 is 1.97 bits per heavy atom. The molecule has 39 heavy (non-hydrogen) atoms. The van der Waals surface area contributed by atoms with Crippen LogP contribution in [0.25, 0.3) is 16.3 Å². The molecule has 0 saturated heterocycles. The summed E-state index contributed by atoms with van der Waals surface area (Å²) in [7, 11) is 2.20. The third-order valence-electron chi connectivity index (χ3n) is 8.10. The van der Waals surface area contributed by atoms with Crippen LogP contribution in [-0.2, 0) is 13.5 Å². The van der Waals surface area contributed by atoms with Gasteiger partial charge in [-0.15, -0.1) is 23.5 Å². The SMILES string of the molecule is CC#CN1/C(=C/C2=CC3=CC(=Cc4sc5ccc(SC)cc5[n+]4C)CCC3CC2)Sc2cc3c(cc21)SCC3.[HH]. The van der Waals surface area contributed by atoms with Crippen LogP contribution >= 0.6 is 46.6 Å². The van der Waals surface area contributed by atoms with E-state index in [-0.39, 0.29) is 1.43 Å². The molecule has 0 saturated carbocycles. The summed E-state index contributed by atoms with van der Waals surface area (Å²) in [6.45, 7) is 1.94. The van der Waals surface area contributed by atoms with Gasteiger partial charge in [-0.3, -0.25) is 4.90 Å². The summed E-state index contributed by atoms with van der Waals surface area (Å²) in [5, 5.41) is 2.57. The Labute approximate surface area is 249 Å². The topological polar surface area (TPSA) is 7.12 Å². The van der Waals surface area contributed by atoms with Crippen molar-refractivity contribution in [2.45, 2.75) is 53.7 Å². The van der Waals surface area contributed by atoms with Crippen LogP contribution in [-0.4, -0.2) is 12.0 Å². The van der Waals surface area contributed by atoms with Gasteiger partial charge in [0.15, 0.2) is 0 Å². The molecular formula is C33H33N2S4+. The van der Waals surface area contributed by atoms with Gasteiger partial charge >= 0.3 is 0 Å². The Kier molecular flexibility index (Phi) is 6.97. The molecule has 0 bridgehead atoms. The molecule has 7 rings (SSSR count). The Morgan fingerprint density at radius 1 is 1.08 bits per heavy atom. The van der Waals surface area contributed by atoms with E-state index in [0.717, 1.165) is 12.8 Å². The largest absolute Gasteiger partial charge is 0.262 e. The molecule has 0 fully saturated rings. The summed E-state index contributed by atoms with van der Waals surface area (Å²) in [5.74, 6) is 5.04. The van der Waals surface area contributed by atoms with Crippen molar-refractivity contribution in [3.8, 4) is 12.0 Å². The monoisotopic (exact) mass is 585 g/mol. The van der Waals surface area contributed by atoms with E-state index in [4.69, 9.17) is 0 Å². The standard InChI is InChI=1S/C33H31N2S4.H2/c1-4-12-35-28-20-30-24(11-13-37-30)18-31(28)39-33(35)17-22-6-8-23-7-5-21(14-25(23)15-22)16-32-34(2)27-19-26(36-3)9-10-29(27)38-32;/h9-10,14-20,23H,5-8,11,13H2,1-3H3;1H/q+1;. The zero-order chi connectivity index (χ0) is 26.5. The van der Waals surface area contributed by atoms with E-state index in [1.165, 1.54) is 87.9 Å². The number of benzene rings is 2. The number of fused-ring (bicyclic) bond motifs is 4. The van der Waals surface area contributed by atoms with E-state index in [9.17, 15) is 0 Å². The number of thiazole rings is 1. The highest BCUT2D eigenvalue weighted by atomic mass is 32.2. The lowest BCUT2D eigenvalue weighted by molar-refractivity contribution is -0.642. The molecule has 3 aromatic rings. The molecule has 2 aliphatic carbocycles. The third-order valence-corrected chi connectivity index (χ3v) is 12.1. The van der Waals surface area contributed by atoms with E-state index in [1.54, 1.807) is 0 Å². The second-order valence-electron chi connectivity index (χ2n) is 10.5. The molecule has 0 N–H and O–H groups in total. The maximum Gasteiger partial charge on any atom is 0.262 e. The number of rotatable bonds is 3. The number of hydrogen-bond donors (Lipinski definition) is 0. The highest BCUT2D eigenvalue weighted by Crippen LogP contribution is 2.50. The number of nitrogens with zero attached hydrogens (tertiary/aromatic N) is 2. The molecule has 6 heteroatoms. The minimum atomic E-state index is 0. The fourth-order valence-electron chi connectivity index (χ4n) is 6.00. The molecule has 4 aliphatic rings. The number of anilines is 1. The molecule has 1 aromatic heterocycles. The molecule has 2 aliphatic heterocycles. The van der Waals surface area contributed by atoms with E-state index in [1.807, 2.05) is 53.5 Å². The first-order valence-electron chi connectivity index (χ1n) is 13.6. The maximum atomic E-state index is 3.38. The fraction of sp³-hybridized carbons (Fsp3) is 0.303. The normalized spacial score (nSPS) is 21.9. The number of aryl methyl sites for hydroxylation is 2. The van der Waals surface area contributed by atoms with Crippen molar-refractivity contribution in [1.29, 1.82) is 0 Å². The highest BCUT2D eigenvalue weighted by Gasteiger charge is 2.29. The van der Waals surface area contributed by atoms with Gasteiger partial charge in [-0.1, -0.05) is 41.2 Å². The van der Waals surface area contributed by atoms with E-state index in [2.05, 4.69) is 89.4 Å². The van der Waals surface area contributed by atoms with Crippen LogP contribution in [0.1, 0.15) is 44.6 Å². The van der Waals surface area contributed by atoms with Gasteiger partial charge in [-0.2, -0.15) is 4.57 Å². The lowest BCUT2D eigenvalue weighted by Gasteiger charge is -2.28. The molecule has 0 amide bonds. The molecule has 0 spiro atoms. The number of aromatic nitrogens is 1. The summed E-state index contributed by atoms with van der Waals surface area (Å²) in [4.78, 5) is 6.32. The lowest BCUT2D eigenvalue weighted by atomic mass is 9.77. The predicted octanol–water partition coefficient (Wildman–Crippen LogP) is 9.22. The van der Waals surface area contributed by atoms with E-state index < -0.39 is 0 Å². The van der Waals surface area contributed by atoms with Gasteiger partial charge in [-0.25, -0.2) is 0 Å². The average Bonchev–Trinajstić information content (AvgIpc) is 3.63. The van der Waals surface area contributed by atoms with E-state index in [0.29, 0.717) is 5.92 Å². The summed E-state index contributed by atoms with van der Waals surface area (Å²) in [5.41, 5.74) is 8.46. The predicted molar refractivity (Wildman–Crippen MR) is 174 cm³/mol. The first-order chi connectivity index (χ1) is 19.1. The van der Waals surface area contributed by atoms with Crippen LogP contribution in [0, 0.1) is 17.9 Å². The molecule has 3 heterocycles. The van der Waals surface area contributed by atoms with Crippen LogP contribution in [0.3, 0.4) is 0 Å². The summed E-state index contributed by atoms with van der Waals surface area (Å²) < 4.78 is 3.71. The van der Waals surface area contributed by atoms with Crippen molar-refractivity contribution >= 4 is 68.6 Å². The Hall–Kier alpha value is -2.30. The van der Waals surface area contributed by atoms with Gasteiger partial charge in [-0.05, 0) is 104 Å². The molecule has 198 valence electrons. The first-order valence-corrected chi connectivity index (χ1v) is 17.4. The van der Waals surface area contributed by atoms with Gasteiger partial charge in [0.1, 0.15) is 11.7 Å². The zero-order valence-corrected chi connectivity index (χ0v) is 25.8. The molecule has 2 aromatic carbocycles. The van der Waals surface area contributed by atoms with Crippen molar-refractivity contribution in [3.63, 3.8) is 0 Å². The third kappa shape index (κ3) is 4.82. The Bertz CT molecular complexity index is 1700. The maximum absolute atomic E-state index is 3.38. The highest BCUT2D eigenvalue weighted by molar-refractivity contribution is 8.03. The molecule has 1 unspecified atom stereocenters. The van der Waals surface area contributed by atoms with Crippen LogP contribution in [0.4, 0.5) is 5.69 Å². The van der Waals surface area contributed by atoms with Gasteiger partial charge in [0, 0.05) is 40.1 Å². The Balaban J connectivity index is 0.00000289. The van der Waals surface area contributed by atoms with Crippen LogP contribution in [0.2, 0.25) is 0 Å². The molecular weight excluding hydrogens is 553 g/mol. The minimum absolute atomic E-state index is 0. The lowest BCUT2D eigenvalue weighted by Crippen LogP contribution is -2.29. The smallest absolute Gasteiger partial charge is 0.262 e. The van der Waals surface area contributed by atoms with Crippen LogP contribution in [0.5, 0.6) is 0 Å². The fourth-order valence-corrected chi connectivity index (χ4v) is 9.75. The number of allylic oxidation sites excluding steroid dienone is 6. The molecule has 1 atom stereocenters. The zero-order valence-electron chi connectivity index (χ0n) is 22.5. The van der Waals surface area contributed by atoms with Crippen molar-refractivity contribution in [2.75, 3.05) is 16.9 Å². The van der Waals surface area contributed by atoms with Crippen LogP contribution in [0.15, 0.2) is 85.0 Å². The minimum Gasteiger partial charge on any atom is -0.262 e. The number of hydrogen-bond acceptors (Lipinski definition) is 5. The van der Waals surface area contributed by atoms with Crippen molar-refractivity contribution in [1.82, 2.24) is 0 Å². The van der Waals surface area contributed by atoms with Crippen molar-refractivity contribution in [2.24, 2.45) is 13.0 Å². The van der Waals surface area contributed by atoms with Gasteiger partial charge in [0.2, 0.25) is 5.52 Å². The van der Waals surface area contributed by atoms with E-state index >= 15 is 0 Å². The van der Waals surface area contributed by atoms with Gasteiger partial charge in [0.25, 0.3) is 5.01 Å². The van der Waals surface area contributed by atoms with Gasteiger partial charge < -0.3 is 0 Å². The first kappa shape index (κ1) is 25.7. The Morgan fingerprint density at radius 3 is 2.85 bits per heavy atom. The second-order valence-corrected chi connectivity index (χ2v) is 14.6. The molecule has 2 nitrogen and oxygen atoms in total. The quantitative estimate of drug-likeness (QED) is 0.172. The number of thioether (sulfide) groups is 3. The van der Waals surface area contributed by atoms with Gasteiger partial charge in [0.05, 0.1) is 10.7 Å². The van der Waals surface area contributed by atoms with Crippen molar-refractivity contribution in [3.05, 3.63) is 80.9 Å². The van der Waals surface area contributed by atoms with Crippen LogP contribution < -0.4 is 9.47 Å².